The van der Waals surface area contributed by atoms with Gasteiger partial charge in [0.1, 0.15) is 0 Å². The van der Waals surface area contributed by atoms with Crippen molar-refractivity contribution < 1.29 is 9.59 Å². The molecule has 1 aliphatic rings. The van der Waals surface area contributed by atoms with Gasteiger partial charge in [0.15, 0.2) is 0 Å². The normalized spacial score (nSPS) is 16.2. The molecule has 90 valence electrons. The molecule has 1 aliphatic heterocycles. The molecule has 0 unspecified atom stereocenters. The van der Waals surface area contributed by atoms with Gasteiger partial charge >= 0.3 is 0 Å². The molecule has 16 heavy (non-hydrogen) atoms. The summed E-state index contributed by atoms with van der Waals surface area (Å²) < 4.78 is 0. The monoisotopic (exact) mass is 224 g/mol. The molecule has 0 saturated heterocycles. The van der Waals surface area contributed by atoms with E-state index in [4.69, 9.17) is 0 Å². The van der Waals surface area contributed by atoms with Gasteiger partial charge in [0.2, 0.25) is 0 Å². The first-order valence-electron chi connectivity index (χ1n) is 5.86. The van der Waals surface area contributed by atoms with Crippen LogP contribution in [0.25, 0.3) is 0 Å². The molecule has 0 fully saturated rings. The summed E-state index contributed by atoms with van der Waals surface area (Å²) in [7, 11) is 0. The number of amides is 2. The van der Waals surface area contributed by atoms with E-state index < -0.39 is 0 Å². The first kappa shape index (κ1) is 12.9. The van der Waals surface area contributed by atoms with Gasteiger partial charge in [0.05, 0.1) is 0 Å². The Morgan fingerprint density at radius 1 is 1.25 bits per heavy atom. The van der Waals surface area contributed by atoms with Crippen LogP contribution >= 0.6 is 0 Å². The zero-order valence-electron chi connectivity index (χ0n) is 10.3. The fraction of sp³-hybridized carbons (Fsp3) is 0.667. The number of rotatable bonds is 6. The van der Waals surface area contributed by atoms with Crippen LogP contribution in [-0.2, 0) is 9.59 Å². The zero-order chi connectivity index (χ0) is 12.1. The van der Waals surface area contributed by atoms with Crippen LogP contribution in [0.15, 0.2) is 11.6 Å². The second-order valence-corrected chi connectivity index (χ2v) is 4.00. The molecule has 0 aromatic heterocycles. The first-order valence-corrected chi connectivity index (χ1v) is 5.86. The Morgan fingerprint density at radius 3 is 2.31 bits per heavy atom. The lowest BCUT2D eigenvalue weighted by atomic mass is 10.3. The summed E-state index contributed by atoms with van der Waals surface area (Å²) in [6, 6.07) is 0. The lowest BCUT2D eigenvalue weighted by Crippen LogP contribution is -2.34. The van der Waals surface area contributed by atoms with Gasteiger partial charge in [-0.25, -0.2) is 0 Å². The Labute approximate surface area is 96.9 Å². The molecular weight excluding hydrogens is 204 g/mol. The van der Waals surface area contributed by atoms with Gasteiger partial charge in [-0.1, -0.05) is 13.8 Å². The fourth-order valence-electron chi connectivity index (χ4n) is 1.84. The van der Waals surface area contributed by atoms with Crippen LogP contribution in [-0.4, -0.2) is 47.8 Å². The van der Waals surface area contributed by atoms with E-state index >= 15 is 0 Å². The summed E-state index contributed by atoms with van der Waals surface area (Å²) in [6.45, 7) is 9.39. The third-order valence-corrected chi connectivity index (χ3v) is 2.94. The summed E-state index contributed by atoms with van der Waals surface area (Å²) >= 11 is 0. The Bertz CT molecular complexity index is 306. The smallest absolute Gasteiger partial charge is 0.256 e. The van der Waals surface area contributed by atoms with Gasteiger partial charge in [0, 0.05) is 18.2 Å². The van der Waals surface area contributed by atoms with Crippen molar-refractivity contribution in [3.63, 3.8) is 0 Å². The SMILES string of the molecule is CCN(CC)CCCN1C(=O)C=C(C)C1=O. The Morgan fingerprint density at radius 2 is 1.88 bits per heavy atom. The minimum absolute atomic E-state index is 0.135. The molecule has 4 heteroatoms. The third-order valence-electron chi connectivity index (χ3n) is 2.94. The van der Waals surface area contributed by atoms with Gasteiger partial charge in [-0.2, -0.15) is 0 Å². The van der Waals surface area contributed by atoms with E-state index in [0.29, 0.717) is 12.1 Å². The van der Waals surface area contributed by atoms with Crippen LogP contribution in [0.3, 0.4) is 0 Å². The largest absolute Gasteiger partial charge is 0.304 e. The fourth-order valence-corrected chi connectivity index (χ4v) is 1.84. The summed E-state index contributed by atoms with van der Waals surface area (Å²) in [6.07, 6.45) is 2.26. The molecule has 0 aromatic carbocycles. The van der Waals surface area contributed by atoms with Crippen LogP contribution in [0.2, 0.25) is 0 Å². The van der Waals surface area contributed by atoms with Crippen molar-refractivity contribution in [2.24, 2.45) is 0 Å². The molecule has 0 bridgehead atoms. The Balaban J connectivity index is 2.34. The van der Waals surface area contributed by atoms with Gasteiger partial charge in [0.25, 0.3) is 11.8 Å². The number of imide groups is 1. The molecule has 0 radical (unpaired) electrons. The van der Waals surface area contributed by atoms with E-state index in [1.807, 2.05) is 0 Å². The highest BCUT2D eigenvalue weighted by molar-refractivity contribution is 6.15. The standard InChI is InChI=1S/C12H20N2O2/c1-4-13(5-2)7-6-8-14-11(15)9-10(3)12(14)16/h9H,4-8H2,1-3H3. The van der Waals surface area contributed by atoms with Crippen LogP contribution in [0, 0.1) is 0 Å². The molecule has 0 N–H and O–H groups in total. The summed E-state index contributed by atoms with van der Waals surface area (Å²) in [5.41, 5.74) is 0.549. The molecular formula is C12H20N2O2. The average molecular weight is 224 g/mol. The van der Waals surface area contributed by atoms with Crippen molar-refractivity contribution >= 4 is 11.8 Å². The molecule has 0 spiro atoms. The Kier molecular flexibility index (Phi) is 4.68. The van der Waals surface area contributed by atoms with Crippen molar-refractivity contribution in [2.75, 3.05) is 26.2 Å². The van der Waals surface area contributed by atoms with Gasteiger partial charge in [-0.15, -0.1) is 0 Å². The first-order chi connectivity index (χ1) is 7.60. The highest BCUT2D eigenvalue weighted by Gasteiger charge is 2.27. The van der Waals surface area contributed by atoms with Gasteiger partial charge in [-0.05, 0) is 33.0 Å². The minimum Gasteiger partial charge on any atom is -0.304 e. The highest BCUT2D eigenvalue weighted by atomic mass is 16.2. The van der Waals surface area contributed by atoms with E-state index in [2.05, 4.69) is 18.7 Å². The summed E-state index contributed by atoms with van der Waals surface area (Å²) in [4.78, 5) is 26.6. The Hall–Kier alpha value is -1.16. The maximum atomic E-state index is 11.6. The lowest BCUT2D eigenvalue weighted by Gasteiger charge is -2.20. The topological polar surface area (TPSA) is 40.6 Å². The molecule has 1 rings (SSSR count). The molecule has 0 aliphatic carbocycles. The van der Waals surface area contributed by atoms with E-state index in [1.54, 1.807) is 6.92 Å². The molecule has 0 aromatic rings. The van der Waals surface area contributed by atoms with Crippen molar-refractivity contribution in [3.05, 3.63) is 11.6 Å². The van der Waals surface area contributed by atoms with Gasteiger partial charge in [-0.3, -0.25) is 14.5 Å². The number of hydrogen-bond acceptors (Lipinski definition) is 3. The van der Waals surface area contributed by atoms with Gasteiger partial charge < -0.3 is 4.90 Å². The molecule has 2 amide bonds. The quantitative estimate of drug-likeness (QED) is 0.633. The average Bonchev–Trinajstić information content (AvgIpc) is 2.50. The zero-order valence-corrected chi connectivity index (χ0v) is 10.3. The highest BCUT2D eigenvalue weighted by Crippen LogP contribution is 2.12. The number of nitrogens with zero attached hydrogens (tertiary/aromatic N) is 2. The van der Waals surface area contributed by atoms with E-state index in [1.165, 1.54) is 11.0 Å². The summed E-state index contributed by atoms with van der Waals surface area (Å²) in [5.74, 6) is -0.299. The third kappa shape index (κ3) is 2.92. The number of carbonyl (C=O) groups is 2. The van der Waals surface area contributed by atoms with Crippen LogP contribution in [0.1, 0.15) is 27.2 Å². The molecule has 4 nitrogen and oxygen atoms in total. The van der Waals surface area contributed by atoms with Crippen molar-refractivity contribution in [3.8, 4) is 0 Å². The maximum Gasteiger partial charge on any atom is 0.256 e. The van der Waals surface area contributed by atoms with Crippen LogP contribution in [0.4, 0.5) is 0 Å². The predicted molar refractivity (Wildman–Crippen MR) is 62.9 cm³/mol. The van der Waals surface area contributed by atoms with Crippen LogP contribution < -0.4 is 0 Å². The van der Waals surface area contributed by atoms with E-state index in [9.17, 15) is 9.59 Å². The second-order valence-electron chi connectivity index (χ2n) is 4.00. The van der Waals surface area contributed by atoms with Crippen LogP contribution in [0.5, 0.6) is 0 Å². The molecule has 1 heterocycles. The van der Waals surface area contributed by atoms with E-state index in [0.717, 1.165) is 26.1 Å². The maximum absolute atomic E-state index is 11.6. The second kappa shape index (κ2) is 5.80. The number of carbonyl (C=O) groups excluding carboxylic acids is 2. The van der Waals surface area contributed by atoms with Crippen molar-refractivity contribution in [1.82, 2.24) is 9.80 Å². The van der Waals surface area contributed by atoms with Crippen molar-refractivity contribution in [1.29, 1.82) is 0 Å². The predicted octanol–water partition coefficient (Wildman–Crippen LogP) is 1.03. The molecule has 0 saturated carbocycles. The van der Waals surface area contributed by atoms with Crippen molar-refractivity contribution in [2.45, 2.75) is 27.2 Å². The summed E-state index contributed by atoms with van der Waals surface area (Å²) in [5, 5.41) is 0. The molecule has 0 atom stereocenters. The minimum atomic E-state index is -0.165. The lowest BCUT2D eigenvalue weighted by molar-refractivity contribution is -0.137. The van der Waals surface area contributed by atoms with E-state index in [-0.39, 0.29) is 11.8 Å². The number of hydrogen-bond donors (Lipinski definition) is 0.